The maximum absolute atomic E-state index is 12.9. The van der Waals surface area contributed by atoms with E-state index in [1.54, 1.807) is 36.0 Å². The van der Waals surface area contributed by atoms with Crippen molar-refractivity contribution in [2.45, 2.75) is 37.3 Å². The molecule has 0 saturated carbocycles. The van der Waals surface area contributed by atoms with Crippen LogP contribution in [-0.2, 0) is 20.6 Å². The van der Waals surface area contributed by atoms with Crippen molar-refractivity contribution in [1.29, 1.82) is 0 Å². The molecule has 7 heteroatoms. The highest BCUT2D eigenvalue weighted by molar-refractivity contribution is 7.98. The number of thioether (sulfide) groups is 1. The van der Waals surface area contributed by atoms with Crippen molar-refractivity contribution in [3.8, 4) is 0 Å². The average molecular weight is 447 g/mol. The zero-order valence-electron chi connectivity index (χ0n) is 17.6. The Bertz CT molecular complexity index is 959. The van der Waals surface area contributed by atoms with E-state index in [2.05, 4.69) is 36.5 Å². The normalized spacial score (nSPS) is 17.6. The molecule has 0 radical (unpaired) electrons. The fraction of sp³-hybridized carbons (Fsp3) is 0.435. The summed E-state index contributed by atoms with van der Waals surface area (Å²) in [7, 11) is -3.56. The Morgan fingerprint density at radius 2 is 1.90 bits per heavy atom. The van der Waals surface area contributed by atoms with Crippen LogP contribution >= 0.6 is 11.8 Å². The molecule has 1 aliphatic heterocycles. The summed E-state index contributed by atoms with van der Waals surface area (Å²) in [5.74, 6) is 1.41. The molecule has 3 rings (SSSR count). The van der Waals surface area contributed by atoms with E-state index in [0.29, 0.717) is 24.4 Å². The number of hydrogen-bond donors (Lipinski definition) is 1. The van der Waals surface area contributed by atoms with Crippen molar-refractivity contribution < 1.29 is 13.2 Å². The van der Waals surface area contributed by atoms with Gasteiger partial charge in [0.05, 0.1) is 10.8 Å². The summed E-state index contributed by atoms with van der Waals surface area (Å²) in [6, 6.07) is 15.3. The predicted octanol–water partition coefficient (Wildman–Crippen LogP) is 3.75. The molecule has 162 valence electrons. The van der Waals surface area contributed by atoms with E-state index in [1.807, 2.05) is 6.92 Å². The first-order chi connectivity index (χ1) is 14.4. The lowest BCUT2D eigenvalue weighted by atomic mass is 9.99. The number of nitrogens with zero attached hydrogens (tertiary/aromatic N) is 1. The fourth-order valence-electron chi connectivity index (χ4n) is 3.62. The molecule has 0 aliphatic carbocycles. The summed E-state index contributed by atoms with van der Waals surface area (Å²) in [6.07, 6.45) is 1.42. The first kappa shape index (κ1) is 22.8. The minimum atomic E-state index is -3.56. The zero-order chi connectivity index (χ0) is 21.6. The Hall–Kier alpha value is -1.83. The number of carbonyl (C=O) groups excluding carboxylic acids is 1. The summed E-state index contributed by atoms with van der Waals surface area (Å²) in [4.78, 5) is 12.9. The third kappa shape index (κ3) is 6.09. The zero-order valence-corrected chi connectivity index (χ0v) is 19.3. The largest absolute Gasteiger partial charge is 0.355 e. The molecule has 1 N–H and O–H groups in total. The highest BCUT2D eigenvalue weighted by atomic mass is 32.2. The van der Waals surface area contributed by atoms with Gasteiger partial charge >= 0.3 is 0 Å². The molecule has 0 spiro atoms. The topological polar surface area (TPSA) is 66.5 Å². The van der Waals surface area contributed by atoms with Gasteiger partial charge in [-0.3, -0.25) is 4.79 Å². The van der Waals surface area contributed by atoms with Crippen molar-refractivity contribution in [2.75, 3.05) is 25.4 Å². The number of amides is 1. The van der Waals surface area contributed by atoms with E-state index in [9.17, 15) is 13.2 Å². The van der Waals surface area contributed by atoms with Gasteiger partial charge in [0.15, 0.2) is 0 Å². The van der Waals surface area contributed by atoms with E-state index in [4.69, 9.17) is 0 Å². The van der Waals surface area contributed by atoms with Crippen LogP contribution in [-0.4, -0.2) is 44.0 Å². The molecule has 2 aromatic carbocycles. The molecule has 5 nitrogen and oxygen atoms in total. The van der Waals surface area contributed by atoms with Crippen LogP contribution in [0.15, 0.2) is 53.4 Å². The Morgan fingerprint density at radius 1 is 1.13 bits per heavy atom. The highest BCUT2D eigenvalue weighted by Crippen LogP contribution is 2.24. The summed E-state index contributed by atoms with van der Waals surface area (Å²) in [5.41, 5.74) is 3.56. The van der Waals surface area contributed by atoms with Gasteiger partial charge in [-0.1, -0.05) is 47.5 Å². The van der Waals surface area contributed by atoms with Gasteiger partial charge in [0.1, 0.15) is 0 Å². The second-order valence-corrected chi connectivity index (χ2v) is 10.9. The number of sulfonamides is 1. The summed E-state index contributed by atoms with van der Waals surface area (Å²) < 4.78 is 27.3. The third-order valence-corrected chi connectivity index (χ3v) is 8.22. The molecule has 1 aliphatic rings. The Balaban J connectivity index is 1.46. The van der Waals surface area contributed by atoms with Gasteiger partial charge in [-0.05, 0) is 44.4 Å². The van der Waals surface area contributed by atoms with E-state index in [-0.39, 0.29) is 18.4 Å². The SMILES string of the molecule is Cc1ccc(S(=O)(=O)N2CCC[C@@H](C(=O)NCCSCc3cccc(C)c3)C2)cc1. The van der Waals surface area contributed by atoms with Crippen molar-refractivity contribution in [1.82, 2.24) is 9.62 Å². The number of carbonyl (C=O) groups is 1. The molecule has 0 unspecified atom stereocenters. The van der Waals surface area contributed by atoms with Gasteiger partial charge < -0.3 is 5.32 Å². The minimum absolute atomic E-state index is 0.0463. The van der Waals surface area contributed by atoms with Crippen LogP contribution in [0.1, 0.15) is 29.5 Å². The molecule has 2 aromatic rings. The monoisotopic (exact) mass is 446 g/mol. The molecule has 1 atom stereocenters. The summed E-state index contributed by atoms with van der Waals surface area (Å²) in [6.45, 7) is 5.32. The first-order valence-electron chi connectivity index (χ1n) is 10.3. The minimum Gasteiger partial charge on any atom is -0.355 e. The van der Waals surface area contributed by atoms with Gasteiger partial charge in [0.25, 0.3) is 0 Å². The van der Waals surface area contributed by atoms with Gasteiger partial charge in [-0.25, -0.2) is 8.42 Å². The lowest BCUT2D eigenvalue weighted by Crippen LogP contribution is -2.45. The molecule has 0 aromatic heterocycles. The van der Waals surface area contributed by atoms with Crippen molar-refractivity contribution in [3.63, 3.8) is 0 Å². The molecule has 1 amide bonds. The van der Waals surface area contributed by atoms with Crippen LogP contribution in [0.4, 0.5) is 0 Å². The van der Waals surface area contributed by atoms with Crippen LogP contribution in [0.5, 0.6) is 0 Å². The maximum atomic E-state index is 12.9. The molecular formula is C23H30N2O3S2. The van der Waals surface area contributed by atoms with Gasteiger partial charge in [0, 0.05) is 31.1 Å². The Kier molecular flexibility index (Phi) is 7.97. The number of piperidine rings is 1. The smallest absolute Gasteiger partial charge is 0.243 e. The third-order valence-electron chi connectivity index (χ3n) is 5.31. The van der Waals surface area contributed by atoms with E-state index >= 15 is 0 Å². The lowest BCUT2D eigenvalue weighted by Gasteiger charge is -2.31. The molecular weight excluding hydrogens is 416 g/mol. The number of aryl methyl sites for hydroxylation is 2. The van der Waals surface area contributed by atoms with Crippen LogP contribution in [0, 0.1) is 19.8 Å². The highest BCUT2D eigenvalue weighted by Gasteiger charge is 2.33. The van der Waals surface area contributed by atoms with Crippen LogP contribution in [0.2, 0.25) is 0 Å². The van der Waals surface area contributed by atoms with Gasteiger partial charge in [-0.15, -0.1) is 0 Å². The average Bonchev–Trinajstić information content (AvgIpc) is 2.74. The predicted molar refractivity (Wildman–Crippen MR) is 123 cm³/mol. The van der Waals surface area contributed by atoms with Crippen molar-refractivity contribution in [3.05, 3.63) is 65.2 Å². The van der Waals surface area contributed by atoms with Crippen molar-refractivity contribution >= 4 is 27.7 Å². The quantitative estimate of drug-likeness (QED) is 0.627. The Morgan fingerprint density at radius 3 is 2.63 bits per heavy atom. The lowest BCUT2D eigenvalue weighted by molar-refractivity contribution is -0.125. The molecule has 1 heterocycles. The number of hydrogen-bond acceptors (Lipinski definition) is 4. The molecule has 30 heavy (non-hydrogen) atoms. The number of rotatable bonds is 8. The summed E-state index contributed by atoms with van der Waals surface area (Å²) >= 11 is 1.79. The van der Waals surface area contributed by atoms with Gasteiger partial charge in [-0.2, -0.15) is 16.1 Å². The van der Waals surface area contributed by atoms with Crippen LogP contribution in [0.3, 0.4) is 0 Å². The van der Waals surface area contributed by atoms with Crippen LogP contribution in [0.25, 0.3) is 0 Å². The van der Waals surface area contributed by atoms with Crippen molar-refractivity contribution in [2.24, 2.45) is 5.92 Å². The molecule has 1 fully saturated rings. The standard InChI is InChI=1S/C23H30N2O3S2/c1-18-8-10-22(11-9-18)30(27,28)25-13-4-7-21(16-25)23(26)24-12-14-29-17-20-6-3-5-19(2)15-20/h3,5-6,8-11,15,21H,4,7,12-14,16-17H2,1-2H3,(H,24,26)/t21-/m1/s1. The molecule has 1 saturated heterocycles. The Labute approximate surface area is 184 Å². The van der Waals surface area contributed by atoms with E-state index < -0.39 is 10.0 Å². The van der Waals surface area contributed by atoms with E-state index in [1.165, 1.54) is 15.4 Å². The van der Waals surface area contributed by atoms with E-state index in [0.717, 1.165) is 23.5 Å². The first-order valence-corrected chi connectivity index (χ1v) is 12.9. The second-order valence-electron chi connectivity index (χ2n) is 7.85. The maximum Gasteiger partial charge on any atom is 0.243 e. The van der Waals surface area contributed by atoms with Gasteiger partial charge in [0.2, 0.25) is 15.9 Å². The second kappa shape index (κ2) is 10.5. The van der Waals surface area contributed by atoms with Crippen LogP contribution < -0.4 is 5.32 Å². The summed E-state index contributed by atoms with van der Waals surface area (Å²) in [5, 5.41) is 2.99. The molecule has 0 bridgehead atoms. The fourth-order valence-corrected chi connectivity index (χ4v) is 5.95. The number of benzene rings is 2. The number of nitrogens with one attached hydrogen (secondary N) is 1.